The van der Waals surface area contributed by atoms with Gasteiger partial charge in [-0.3, -0.25) is 4.99 Å². The van der Waals surface area contributed by atoms with Gasteiger partial charge in [-0.15, -0.1) is 0 Å². The lowest BCUT2D eigenvalue weighted by atomic mass is 10.1. The maximum absolute atomic E-state index is 4.32. The minimum atomic E-state index is 0.924. The minimum Gasteiger partial charge on any atom is -0.286 e. The number of hydrogen-bond donors (Lipinski definition) is 0. The van der Waals surface area contributed by atoms with E-state index in [9.17, 15) is 0 Å². The van der Waals surface area contributed by atoms with Crippen LogP contribution in [0, 0.1) is 0 Å². The molecule has 0 amide bonds. The van der Waals surface area contributed by atoms with E-state index in [-0.39, 0.29) is 0 Å². The Morgan fingerprint density at radius 2 is 2.27 bits per heavy atom. The molecule has 0 saturated heterocycles. The molecule has 0 N–H and O–H groups in total. The van der Waals surface area contributed by atoms with Crippen LogP contribution in [0.15, 0.2) is 16.6 Å². The molecule has 1 rings (SSSR count). The van der Waals surface area contributed by atoms with Crippen LogP contribution in [-0.2, 0) is 0 Å². The van der Waals surface area contributed by atoms with Crippen molar-refractivity contribution in [2.45, 2.75) is 39.5 Å². The highest BCUT2D eigenvalue weighted by Crippen LogP contribution is 2.14. The topological polar surface area (TPSA) is 12.4 Å². The first-order chi connectivity index (χ1) is 5.34. The van der Waals surface area contributed by atoms with E-state index in [1.54, 1.807) is 0 Å². The molecule has 0 fully saturated rings. The van der Waals surface area contributed by atoms with Crippen LogP contribution in [-0.4, -0.2) is 12.3 Å². The molecule has 0 spiro atoms. The molecular weight excluding hydrogens is 134 g/mol. The van der Waals surface area contributed by atoms with Gasteiger partial charge >= 0.3 is 0 Å². The lowest BCUT2D eigenvalue weighted by Gasteiger charge is -2.00. The molecule has 1 heterocycles. The average Bonchev–Trinajstić information content (AvgIpc) is 2.37. The quantitative estimate of drug-likeness (QED) is 0.548. The van der Waals surface area contributed by atoms with Gasteiger partial charge in [0.05, 0.1) is 6.54 Å². The molecule has 1 nitrogen and oxygen atoms in total. The van der Waals surface area contributed by atoms with Crippen LogP contribution < -0.4 is 0 Å². The maximum atomic E-state index is 4.32. The number of rotatable bonds is 4. The molecule has 0 aliphatic carbocycles. The van der Waals surface area contributed by atoms with E-state index < -0.39 is 0 Å². The van der Waals surface area contributed by atoms with Crippen molar-refractivity contribution in [1.29, 1.82) is 0 Å². The third-order valence-corrected chi connectivity index (χ3v) is 2.18. The van der Waals surface area contributed by atoms with Gasteiger partial charge in [0.15, 0.2) is 0 Å². The molecule has 1 aliphatic rings. The second-order valence-corrected chi connectivity index (χ2v) is 3.11. The fourth-order valence-corrected chi connectivity index (χ4v) is 1.39. The maximum Gasteiger partial charge on any atom is 0.0579 e. The number of unbranched alkanes of at least 4 members (excludes halogenated alkanes) is 2. The fourth-order valence-electron chi connectivity index (χ4n) is 1.39. The second kappa shape index (κ2) is 4.32. The summed E-state index contributed by atoms with van der Waals surface area (Å²) in [5.41, 5.74) is 2.75. The third kappa shape index (κ3) is 2.49. The van der Waals surface area contributed by atoms with Gasteiger partial charge in [-0.05, 0) is 25.3 Å². The van der Waals surface area contributed by atoms with Crippen LogP contribution >= 0.6 is 0 Å². The van der Waals surface area contributed by atoms with Gasteiger partial charge in [0.2, 0.25) is 0 Å². The molecule has 0 radical (unpaired) electrons. The van der Waals surface area contributed by atoms with Crippen molar-refractivity contribution in [1.82, 2.24) is 0 Å². The first kappa shape index (κ1) is 8.51. The van der Waals surface area contributed by atoms with E-state index in [1.807, 2.05) is 0 Å². The summed E-state index contributed by atoms with van der Waals surface area (Å²) >= 11 is 0. The Bertz CT molecular complexity index is 177. The molecule has 0 aromatic heterocycles. The standard InChI is InChI=1S/C10H17N/c1-3-4-5-6-10-7-8-11-9(10)2/h7H,3-6,8H2,1-2H3. The Balaban J connectivity index is 2.22. The predicted molar refractivity (Wildman–Crippen MR) is 50.2 cm³/mol. The molecule has 0 aromatic carbocycles. The summed E-state index contributed by atoms with van der Waals surface area (Å²) in [6.45, 7) is 5.28. The largest absolute Gasteiger partial charge is 0.286 e. The van der Waals surface area contributed by atoms with Gasteiger partial charge in [-0.1, -0.05) is 25.8 Å². The highest BCUT2D eigenvalue weighted by Gasteiger charge is 2.04. The summed E-state index contributed by atoms with van der Waals surface area (Å²) in [6.07, 6.45) is 7.48. The monoisotopic (exact) mass is 151 g/mol. The Morgan fingerprint density at radius 3 is 2.82 bits per heavy atom. The number of allylic oxidation sites excluding steroid dienone is 1. The molecule has 0 atom stereocenters. The van der Waals surface area contributed by atoms with Crippen LogP contribution in [0.2, 0.25) is 0 Å². The summed E-state index contributed by atoms with van der Waals surface area (Å²) in [6, 6.07) is 0. The Hall–Kier alpha value is -0.590. The molecule has 1 heteroatoms. The lowest BCUT2D eigenvalue weighted by Crippen LogP contribution is -1.92. The van der Waals surface area contributed by atoms with Crippen LogP contribution in [0.25, 0.3) is 0 Å². The molecule has 11 heavy (non-hydrogen) atoms. The van der Waals surface area contributed by atoms with Gasteiger partial charge < -0.3 is 0 Å². The van der Waals surface area contributed by atoms with Gasteiger partial charge in [0.1, 0.15) is 0 Å². The summed E-state index contributed by atoms with van der Waals surface area (Å²) in [7, 11) is 0. The van der Waals surface area contributed by atoms with Crippen LogP contribution in [0.3, 0.4) is 0 Å². The van der Waals surface area contributed by atoms with E-state index in [2.05, 4.69) is 24.9 Å². The molecule has 0 aromatic rings. The second-order valence-electron chi connectivity index (χ2n) is 3.11. The van der Waals surface area contributed by atoms with Crippen molar-refractivity contribution < 1.29 is 0 Å². The van der Waals surface area contributed by atoms with Crippen molar-refractivity contribution >= 4 is 5.71 Å². The Kier molecular flexibility index (Phi) is 3.34. The molecule has 0 saturated carbocycles. The molecule has 0 bridgehead atoms. The smallest absolute Gasteiger partial charge is 0.0579 e. The lowest BCUT2D eigenvalue weighted by molar-refractivity contribution is 0.722. The summed E-state index contributed by atoms with van der Waals surface area (Å²) < 4.78 is 0. The molecule has 0 unspecified atom stereocenters. The van der Waals surface area contributed by atoms with Gasteiger partial charge in [0.25, 0.3) is 0 Å². The van der Waals surface area contributed by atoms with Gasteiger partial charge in [0, 0.05) is 5.71 Å². The average molecular weight is 151 g/mol. The number of aliphatic imine (C=N–C) groups is 1. The molecular formula is C10H17N. The number of nitrogens with zero attached hydrogens (tertiary/aromatic N) is 1. The Morgan fingerprint density at radius 1 is 1.45 bits per heavy atom. The summed E-state index contributed by atoms with van der Waals surface area (Å²) in [5.74, 6) is 0. The number of hydrogen-bond acceptors (Lipinski definition) is 1. The fraction of sp³-hybridized carbons (Fsp3) is 0.700. The highest BCUT2D eigenvalue weighted by atomic mass is 14.7. The van der Waals surface area contributed by atoms with E-state index in [4.69, 9.17) is 0 Å². The highest BCUT2D eigenvalue weighted by molar-refractivity contribution is 5.99. The van der Waals surface area contributed by atoms with E-state index >= 15 is 0 Å². The zero-order valence-electron chi connectivity index (χ0n) is 7.56. The predicted octanol–water partition coefficient (Wildman–Crippen LogP) is 2.97. The van der Waals surface area contributed by atoms with Gasteiger partial charge in [-0.2, -0.15) is 0 Å². The summed E-state index contributed by atoms with van der Waals surface area (Å²) in [4.78, 5) is 4.32. The van der Waals surface area contributed by atoms with Crippen molar-refractivity contribution in [3.8, 4) is 0 Å². The third-order valence-electron chi connectivity index (χ3n) is 2.18. The van der Waals surface area contributed by atoms with Crippen molar-refractivity contribution in [2.75, 3.05) is 6.54 Å². The van der Waals surface area contributed by atoms with Crippen LogP contribution in [0.5, 0.6) is 0 Å². The van der Waals surface area contributed by atoms with Gasteiger partial charge in [-0.25, -0.2) is 0 Å². The van der Waals surface area contributed by atoms with Crippen LogP contribution in [0.4, 0.5) is 0 Å². The minimum absolute atomic E-state index is 0.924. The Labute approximate surface area is 69.2 Å². The summed E-state index contributed by atoms with van der Waals surface area (Å²) in [5, 5.41) is 0. The molecule has 1 aliphatic heterocycles. The first-order valence-corrected chi connectivity index (χ1v) is 4.55. The SMILES string of the molecule is CCCCCC1=CCN=C1C. The zero-order chi connectivity index (χ0) is 8.10. The van der Waals surface area contributed by atoms with Crippen molar-refractivity contribution in [3.63, 3.8) is 0 Å². The van der Waals surface area contributed by atoms with E-state index in [0.29, 0.717) is 0 Å². The van der Waals surface area contributed by atoms with Crippen molar-refractivity contribution in [2.24, 2.45) is 4.99 Å². The van der Waals surface area contributed by atoms with E-state index in [1.165, 1.54) is 37.0 Å². The van der Waals surface area contributed by atoms with Crippen LogP contribution in [0.1, 0.15) is 39.5 Å². The first-order valence-electron chi connectivity index (χ1n) is 4.55. The van der Waals surface area contributed by atoms with Crippen molar-refractivity contribution in [3.05, 3.63) is 11.6 Å². The molecule has 62 valence electrons. The normalized spacial score (nSPS) is 16.5. The van der Waals surface area contributed by atoms with E-state index in [0.717, 1.165) is 6.54 Å². The zero-order valence-corrected chi connectivity index (χ0v) is 7.56.